The van der Waals surface area contributed by atoms with E-state index in [0.717, 1.165) is 13.1 Å². The zero-order chi connectivity index (χ0) is 9.07. The average Bonchev–Trinajstić information content (AvgIpc) is 1.87. The lowest BCUT2D eigenvalue weighted by molar-refractivity contribution is -0.138. The lowest BCUT2D eigenvalue weighted by Gasteiger charge is -2.45. The second-order valence-electron chi connectivity index (χ2n) is 3.54. The van der Waals surface area contributed by atoms with Crippen LogP contribution in [0.15, 0.2) is 0 Å². The molecule has 1 aliphatic heterocycles. The molecule has 1 aliphatic rings. The maximum absolute atomic E-state index is 10.6. The fourth-order valence-corrected chi connectivity index (χ4v) is 1.21. The standard InChI is InChI=1S/C7H13NO.C2H6.HI/c1-6(9)8-4-7(2,3)5-8;1-2;/h4-5H2,1-3H3;1-2H3;1H. The van der Waals surface area contributed by atoms with Crippen LogP contribution in [0.4, 0.5) is 0 Å². The van der Waals surface area contributed by atoms with Gasteiger partial charge in [-0.15, -0.1) is 24.0 Å². The van der Waals surface area contributed by atoms with Crippen LogP contribution in [0.1, 0.15) is 34.6 Å². The molecule has 0 radical (unpaired) electrons. The summed E-state index contributed by atoms with van der Waals surface area (Å²) in [7, 11) is 0. The van der Waals surface area contributed by atoms with Crippen molar-refractivity contribution < 1.29 is 4.79 Å². The van der Waals surface area contributed by atoms with E-state index in [0.29, 0.717) is 5.41 Å². The summed E-state index contributed by atoms with van der Waals surface area (Å²) < 4.78 is 0. The molecule has 0 unspecified atom stereocenters. The van der Waals surface area contributed by atoms with Crippen LogP contribution >= 0.6 is 24.0 Å². The molecule has 3 heteroatoms. The predicted molar refractivity (Wildman–Crippen MR) is 62.8 cm³/mol. The number of rotatable bonds is 0. The van der Waals surface area contributed by atoms with Crippen molar-refractivity contribution in [2.24, 2.45) is 5.41 Å². The van der Waals surface area contributed by atoms with Gasteiger partial charge in [-0.1, -0.05) is 27.7 Å². The van der Waals surface area contributed by atoms with Gasteiger partial charge < -0.3 is 4.90 Å². The number of hydrogen-bond donors (Lipinski definition) is 0. The van der Waals surface area contributed by atoms with E-state index in [2.05, 4.69) is 13.8 Å². The van der Waals surface area contributed by atoms with Crippen molar-refractivity contribution in [1.29, 1.82) is 0 Å². The number of hydrogen-bond acceptors (Lipinski definition) is 1. The molecular weight excluding hydrogens is 265 g/mol. The smallest absolute Gasteiger partial charge is 0.219 e. The highest BCUT2D eigenvalue weighted by atomic mass is 127. The molecule has 1 amide bonds. The van der Waals surface area contributed by atoms with Crippen molar-refractivity contribution >= 4 is 29.9 Å². The summed E-state index contributed by atoms with van der Waals surface area (Å²) in [6.07, 6.45) is 0. The molecule has 0 aromatic rings. The number of nitrogens with zero attached hydrogens (tertiary/aromatic N) is 1. The largest absolute Gasteiger partial charge is 0.342 e. The zero-order valence-corrected chi connectivity index (χ0v) is 11.0. The van der Waals surface area contributed by atoms with Gasteiger partial charge in [0, 0.05) is 20.0 Å². The Hall–Kier alpha value is 0.200. The molecular formula is C9H20INO. The van der Waals surface area contributed by atoms with Gasteiger partial charge in [0.05, 0.1) is 0 Å². The van der Waals surface area contributed by atoms with Gasteiger partial charge in [0.1, 0.15) is 0 Å². The Morgan fingerprint density at radius 2 is 1.58 bits per heavy atom. The van der Waals surface area contributed by atoms with Crippen LogP contribution in [0.3, 0.4) is 0 Å². The van der Waals surface area contributed by atoms with Gasteiger partial charge in [-0.3, -0.25) is 4.79 Å². The lowest BCUT2D eigenvalue weighted by atomic mass is 9.84. The molecule has 0 aliphatic carbocycles. The SMILES string of the molecule is CC.CC(=O)N1CC(C)(C)C1.I. The monoisotopic (exact) mass is 285 g/mol. The van der Waals surface area contributed by atoms with Crippen molar-refractivity contribution in [2.45, 2.75) is 34.6 Å². The van der Waals surface area contributed by atoms with Crippen molar-refractivity contribution in [2.75, 3.05) is 13.1 Å². The van der Waals surface area contributed by atoms with Crippen molar-refractivity contribution in [3.63, 3.8) is 0 Å². The van der Waals surface area contributed by atoms with Gasteiger partial charge in [0.15, 0.2) is 0 Å². The normalized spacial score (nSPS) is 17.9. The van der Waals surface area contributed by atoms with Gasteiger partial charge in [-0.25, -0.2) is 0 Å². The zero-order valence-electron chi connectivity index (χ0n) is 8.68. The van der Waals surface area contributed by atoms with Gasteiger partial charge >= 0.3 is 0 Å². The van der Waals surface area contributed by atoms with Crippen molar-refractivity contribution in [3.05, 3.63) is 0 Å². The van der Waals surface area contributed by atoms with Crippen LogP contribution in [0, 0.1) is 5.41 Å². The minimum Gasteiger partial charge on any atom is -0.342 e. The van der Waals surface area contributed by atoms with Gasteiger partial charge in [-0.05, 0) is 5.41 Å². The molecule has 1 heterocycles. The molecule has 2 nitrogen and oxygen atoms in total. The summed E-state index contributed by atoms with van der Waals surface area (Å²) in [4.78, 5) is 12.5. The van der Waals surface area contributed by atoms with E-state index in [4.69, 9.17) is 0 Å². The fraction of sp³-hybridized carbons (Fsp3) is 0.889. The third-order valence-electron chi connectivity index (χ3n) is 1.68. The molecule has 0 aromatic carbocycles. The molecule has 0 atom stereocenters. The minimum absolute atomic E-state index is 0. The Morgan fingerprint density at radius 3 is 1.67 bits per heavy atom. The first-order valence-electron chi connectivity index (χ1n) is 4.27. The Bertz CT molecular complexity index is 137. The van der Waals surface area contributed by atoms with Gasteiger partial charge in [-0.2, -0.15) is 0 Å². The van der Waals surface area contributed by atoms with E-state index in [1.54, 1.807) is 6.92 Å². The van der Waals surface area contributed by atoms with Crippen LogP contribution < -0.4 is 0 Å². The van der Waals surface area contributed by atoms with E-state index in [1.807, 2.05) is 18.7 Å². The second-order valence-corrected chi connectivity index (χ2v) is 3.54. The van der Waals surface area contributed by atoms with E-state index >= 15 is 0 Å². The van der Waals surface area contributed by atoms with Gasteiger partial charge in [0.25, 0.3) is 0 Å². The van der Waals surface area contributed by atoms with Crippen molar-refractivity contribution in [3.8, 4) is 0 Å². The number of halogens is 1. The summed E-state index contributed by atoms with van der Waals surface area (Å²) in [5.41, 5.74) is 0.381. The van der Waals surface area contributed by atoms with E-state index < -0.39 is 0 Å². The Balaban J connectivity index is 0. The second kappa shape index (κ2) is 5.78. The molecule has 1 fully saturated rings. The average molecular weight is 285 g/mol. The third kappa shape index (κ3) is 4.28. The highest BCUT2D eigenvalue weighted by Gasteiger charge is 2.35. The molecule has 0 aromatic heterocycles. The molecule has 0 saturated carbocycles. The van der Waals surface area contributed by atoms with Crippen LogP contribution in [0.5, 0.6) is 0 Å². The number of carbonyl (C=O) groups excluding carboxylic acids is 1. The molecule has 12 heavy (non-hydrogen) atoms. The summed E-state index contributed by atoms with van der Waals surface area (Å²) in [5.74, 6) is 0.203. The number of amides is 1. The van der Waals surface area contributed by atoms with Crippen LogP contribution in [-0.2, 0) is 4.79 Å². The third-order valence-corrected chi connectivity index (χ3v) is 1.68. The molecule has 1 rings (SSSR count). The molecule has 0 N–H and O–H groups in total. The summed E-state index contributed by atoms with van der Waals surface area (Å²) in [6.45, 7) is 11.8. The van der Waals surface area contributed by atoms with E-state index in [1.165, 1.54) is 0 Å². The molecule has 0 bridgehead atoms. The molecule has 74 valence electrons. The lowest BCUT2D eigenvalue weighted by Crippen LogP contribution is -2.54. The van der Waals surface area contributed by atoms with E-state index in [-0.39, 0.29) is 29.9 Å². The Morgan fingerprint density at radius 1 is 1.25 bits per heavy atom. The Kier molecular flexibility index (Phi) is 7.08. The Labute approximate surface area is 92.7 Å². The van der Waals surface area contributed by atoms with E-state index in [9.17, 15) is 4.79 Å². The molecule has 0 spiro atoms. The first-order valence-corrected chi connectivity index (χ1v) is 4.27. The quantitative estimate of drug-likeness (QED) is 0.626. The first kappa shape index (κ1) is 14.7. The highest BCUT2D eigenvalue weighted by Crippen LogP contribution is 2.28. The number of likely N-dealkylation sites (tertiary alicyclic amines) is 1. The maximum Gasteiger partial charge on any atom is 0.219 e. The predicted octanol–water partition coefficient (Wildman–Crippen LogP) is 2.52. The minimum atomic E-state index is 0. The summed E-state index contributed by atoms with van der Waals surface area (Å²) >= 11 is 0. The highest BCUT2D eigenvalue weighted by molar-refractivity contribution is 14.0. The summed E-state index contributed by atoms with van der Waals surface area (Å²) in [6, 6.07) is 0. The van der Waals surface area contributed by atoms with Crippen LogP contribution in [-0.4, -0.2) is 23.9 Å². The topological polar surface area (TPSA) is 20.3 Å². The van der Waals surface area contributed by atoms with Gasteiger partial charge in [0.2, 0.25) is 5.91 Å². The first-order chi connectivity index (χ1) is 5.01. The van der Waals surface area contributed by atoms with Crippen molar-refractivity contribution in [1.82, 2.24) is 4.90 Å². The fourth-order valence-electron chi connectivity index (χ4n) is 1.21. The molecule has 1 saturated heterocycles. The number of carbonyl (C=O) groups is 1. The van der Waals surface area contributed by atoms with Crippen LogP contribution in [0.25, 0.3) is 0 Å². The van der Waals surface area contributed by atoms with Crippen LogP contribution in [0.2, 0.25) is 0 Å². The summed E-state index contributed by atoms with van der Waals surface area (Å²) in [5, 5.41) is 0. The maximum atomic E-state index is 10.6.